The normalized spacial score (nSPS) is 18.0. The van der Waals surface area contributed by atoms with Gasteiger partial charge in [0.25, 0.3) is 0 Å². The third-order valence-electron chi connectivity index (χ3n) is 3.09. The summed E-state index contributed by atoms with van der Waals surface area (Å²) in [6, 6.07) is 0.0763. The summed E-state index contributed by atoms with van der Waals surface area (Å²) >= 11 is 1.45. The SMILES string of the molecule is COC(=O)c1c(N)sc2c1CC(NC(C)=O)CC2. The van der Waals surface area contributed by atoms with Crippen molar-refractivity contribution in [3.8, 4) is 0 Å². The Morgan fingerprint density at radius 3 is 2.83 bits per heavy atom. The van der Waals surface area contributed by atoms with Gasteiger partial charge in [-0.2, -0.15) is 0 Å². The number of ether oxygens (including phenoxy) is 1. The third kappa shape index (κ3) is 2.33. The molecule has 1 aromatic heterocycles. The number of thiophene rings is 1. The van der Waals surface area contributed by atoms with Gasteiger partial charge < -0.3 is 15.8 Å². The molecule has 0 bridgehead atoms. The molecule has 0 saturated carbocycles. The van der Waals surface area contributed by atoms with E-state index >= 15 is 0 Å². The van der Waals surface area contributed by atoms with Crippen molar-refractivity contribution in [1.29, 1.82) is 0 Å². The number of rotatable bonds is 2. The molecule has 3 N–H and O–H groups in total. The van der Waals surface area contributed by atoms with Crippen molar-refractivity contribution in [2.24, 2.45) is 0 Å². The average Bonchev–Trinajstić information content (AvgIpc) is 2.63. The lowest BCUT2D eigenvalue weighted by atomic mass is 9.91. The Kier molecular flexibility index (Phi) is 3.56. The molecule has 0 saturated heterocycles. The van der Waals surface area contributed by atoms with Crippen molar-refractivity contribution in [1.82, 2.24) is 5.32 Å². The van der Waals surface area contributed by atoms with Crippen molar-refractivity contribution in [2.45, 2.75) is 32.2 Å². The summed E-state index contributed by atoms with van der Waals surface area (Å²) in [6.07, 6.45) is 2.37. The van der Waals surface area contributed by atoms with Gasteiger partial charge in [-0.25, -0.2) is 4.79 Å². The Hall–Kier alpha value is -1.56. The van der Waals surface area contributed by atoms with E-state index < -0.39 is 5.97 Å². The fraction of sp³-hybridized carbons (Fsp3) is 0.500. The smallest absolute Gasteiger partial charge is 0.341 e. The maximum Gasteiger partial charge on any atom is 0.341 e. The van der Waals surface area contributed by atoms with E-state index in [1.165, 1.54) is 25.4 Å². The van der Waals surface area contributed by atoms with E-state index in [4.69, 9.17) is 10.5 Å². The van der Waals surface area contributed by atoms with Gasteiger partial charge in [0.05, 0.1) is 12.7 Å². The number of amides is 1. The van der Waals surface area contributed by atoms with Gasteiger partial charge in [-0.1, -0.05) is 0 Å². The van der Waals surface area contributed by atoms with Crippen LogP contribution in [0, 0.1) is 0 Å². The number of nitrogen functional groups attached to an aromatic ring is 1. The molecule has 1 aliphatic rings. The van der Waals surface area contributed by atoms with Crippen LogP contribution in [0.5, 0.6) is 0 Å². The number of hydrogen-bond donors (Lipinski definition) is 2. The van der Waals surface area contributed by atoms with Gasteiger partial charge in [0.15, 0.2) is 0 Å². The van der Waals surface area contributed by atoms with E-state index in [0.29, 0.717) is 17.0 Å². The lowest BCUT2D eigenvalue weighted by Gasteiger charge is -2.23. The van der Waals surface area contributed by atoms with Gasteiger partial charge in [0.2, 0.25) is 5.91 Å². The quantitative estimate of drug-likeness (QED) is 0.787. The topological polar surface area (TPSA) is 81.4 Å². The van der Waals surface area contributed by atoms with Crippen LogP contribution in [0.2, 0.25) is 0 Å². The molecule has 1 amide bonds. The summed E-state index contributed by atoms with van der Waals surface area (Å²) in [4.78, 5) is 23.9. The Labute approximate surface area is 109 Å². The summed E-state index contributed by atoms with van der Waals surface area (Å²) in [5, 5.41) is 3.40. The maximum atomic E-state index is 11.7. The van der Waals surface area contributed by atoms with E-state index in [9.17, 15) is 9.59 Å². The van der Waals surface area contributed by atoms with Crippen LogP contribution in [-0.2, 0) is 22.4 Å². The molecule has 6 heteroatoms. The molecule has 1 unspecified atom stereocenters. The minimum atomic E-state index is -0.395. The predicted octanol–water partition coefficient (Wildman–Crippen LogP) is 1.11. The number of hydrogen-bond acceptors (Lipinski definition) is 5. The van der Waals surface area contributed by atoms with Crippen molar-refractivity contribution < 1.29 is 14.3 Å². The highest BCUT2D eigenvalue weighted by molar-refractivity contribution is 7.16. The second-order valence-corrected chi connectivity index (χ2v) is 5.51. The van der Waals surface area contributed by atoms with Gasteiger partial charge in [-0.3, -0.25) is 4.79 Å². The van der Waals surface area contributed by atoms with Crippen LogP contribution in [0.25, 0.3) is 0 Å². The van der Waals surface area contributed by atoms with Crippen LogP contribution in [-0.4, -0.2) is 25.0 Å². The Morgan fingerprint density at radius 2 is 2.22 bits per heavy atom. The summed E-state index contributed by atoms with van der Waals surface area (Å²) in [7, 11) is 1.35. The Balaban J connectivity index is 2.29. The van der Waals surface area contributed by atoms with Crippen molar-refractivity contribution in [3.63, 3.8) is 0 Å². The van der Waals surface area contributed by atoms with Crippen LogP contribution < -0.4 is 11.1 Å². The van der Waals surface area contributed by atoms with Gasteiger partial charge in [0.1, 0.15) is 5.00 Å². The molecule has 1 aromatic rings. The van der Waals surface area contributed by atoms with Crippen LogP contribution in [0.15, 0.2) is 0 Å². The van der Waals surface area contributed by atoms with E-state index in [-0.39, 0.29) is 11.9 Å². The van der Waals surface area contributed by atoms with E-state index in [0.717, 1.165) is 23.3 Å². The largest absolute Gasteiger partial charge is 0.465 e. The average molecular weight is 268 g/mol. The van der Waals surface area contributed by atoms with Crippen LogP contribution in [0.3, 0.4) is 0 Å². The first-order chi connectivity index (χ1) is 8.52. The first-order valence-electron chi connectivity index (χ1n) is 5.78. The summed E-state index contributed by atoms with van der Waals surface area (Å²) in [6.45, 7) is 1.50. The van der Waals surface area contributed by atoms with Crippen molar-refractivity contribution >= 4 is 28.2 Å². The molecule has 2 rings (SSSR count). The Morgan fingerprint density at radius 1 is 1.50 bits per heavy atom. The second-order valence-electron chi connectivity index (χ2n) is 4.37. The summed E-state index contributed by atoms with van der Waals surface area (Å²) < 4.78 is 4.76. The van der Waals surface area contributed by atoms with E-state index in [1.807, 2.05) is 0 Å². The molecule has 98 valence electrons. The van der Waals surface area contributed by atoms with Crippen molar-refractivity contribution in [2.75, 3.05) is 12.8 Å². The predicted molar refractivity (Wildman–Crippen MR) is 69.7 cm³/mol. The molecule has 0 aliphatic heterocycles. The van der Waals surface area contributed by atoms with Gasteiger partial charge in [0, 0.05) is 17.8 Å². The lowest BCUT2D eigenvalue weighted by molar-refractivity contribution is -0.119. The number of esters is 1. The standard InChI is InChI=1S/C12H16N2O3S/c1-6(15)14-7-3-4-9-8(5-7)10(11(13)18-9)12(16)17-2/h7H,3-5,13H2,1-2H3,(H,14,15). The minimum absolute atomic E-state index is 0.0498. The number of nitrogens with two attached hydrogens (primary N) is 1. The fourth-order valence-electron chi connectivity index (χ4n) is 2.34. The van der Waals surface area contributed by atoms with Gasteiger partial charge >= 0.3 is 5.97 Å². The number of fused-ring (bicyclic) bond motifs is 1. The fourth-order valence-corrected chi connectivity index (χ4v) is 3.44. The van der Waals surface area contributed by atoms with Gasteiger partial charge in [-0.15, -0.1) is 11.3 Å². The van der Waals surface area contributed by atoms with E-state index in [1.54, 1.807) is 0 Å². The molecule has 5 nitrogen and oxygen atoms in total. The highest BCUT2D eigenvalue weighted by atomic mass is 32.1. The molecule has 0 fully saturated rings. The number of carbonyl (C=O) groups excluding carboxylic acids is 2. The molecule has 1 aliphatic carbocycles. The highest BCUT2D eigenvalue weighted by Crippen LogP contribution is 2.36. The molecule has 0 aromatic carbocycles. The number of nitrogens with one attached hydrogen (secondary N) is 1. The summed E-state index contributed by atoms with van der Waals surface area (Å²) in [5.74, 6) is -0.445. The van der Waals surface area contributed by atoms with Crippen LogP contribution in [0.1, 0.15) is 34.1 Å². The first kappa shape index (κ1) is 12.9. The number of methoxy groups -OCH3 is 1. The maximum absolute atomic E-state index is 11.7. The zero-order valence-corrected chi connectivity index (χ0v) is 11.2. The van der Waals surface area contributed by atoms with E-state index in [2.05, 4.69) is 5.32 Å². The van der Waals surface area contributed by atoms with Crippen LogP contribution >= 0.6 is 11.3 Å². The van der Waals surface area contributed by atoms with Gasteiger partial charge in [-0.05, 0) is 24.8 Å². The molecular weight excluding hydrogens is 252 g/mol. The number of anilines is 1. The second kappa shape index (κ2) is 4.97. The first-order valence-corrected chi connectivity index (χ1v) is 6.60. The zero-order valence-electron chi connectivity index (χ0n) is 10.4. The van der Waals surface area contributed by atoms with Crippen LogP contribution in [0.4, 0.5) is 5.00 Å². The molecule has 1 heterocycles. The number of aryl methyl sites for hydroxylation is 1. The highest BCUT2D eigenvalue weighted by Gasteiger charge is 2.28. The molecular formula is C12H16N2O3S. The molecule has 18 heavy (non-hydrogen) atoms. The molecule has 0 radical (unpaired) electrons. The monoisotopic (exact) mass is 268 g/mol. The third-order valence-corrected chi connectivity index (χ3v) is 4.21. The minimum Gasteiger partial charge on any atom is -0.465 e. The summed E-state index contributed by atoms with van der Waals surface area (Å²) in [5.41, 5.74) is 7.29. The zero-order chi connectivity index (χ0) is 13.3. The molecule has 1 atom stereocenters. The molecule has 0 spiro atoms. The van der Waals surface area contributed by atoms with Crippen molar-refractivity contribution in [3.05, 3.63) is 16.0 Å². The lowest BCUT2D eigenvalue weighted by Crippen LogP contribution is -2.37. The number of carbonyl (C=O) groups is 2. The Bertz CT molecular complexity index is 496.